The lowest BCUT2D eigenvalue weighted by Gasteiger charge is -2.08. The van der Waals surface area contributed by atoms with Crippen LogP contribution in [0.15, 0.2) is 54.7 Å². The van der Waals surface area contributed by atoms with E-state index in [4.69, 9.17) is 11.6 Å². The minimum absolute atomic E-state index is 0.0621. The van der Waals surface area contributed by atoms with Crippen LogP contribution in [0.2, 0.25) is 5.02 Å². The molecule has 0 saturated carbocycles. The van der Waals surface area contributed by atoms with Gasteiger partial charge < -0.3 is 9.88 Å². The summed E-state index contributed by atoms with van der Waals surface area (Å²) in [5, 5.41) is 4.65. The number of aromatic nitrogens is 1. The summed E-state index contributed by atoms with van der Waals surface area (Å²) in [5.41, 5.74) is 3.12. The summed E-state index contributed by atoms with van der Waals surface area (Å²) in [6.45, 7) is 2.29. The van der Waals surface area contributed by atoms with Crippen molar-refractivity contribution in [3.05, 3.63) is 65.3 Å². The van der Waals surface area contributed by atoms with Crippen LogP contribution < -0.4 is 5.32 Å². The van der Waals surface area contributed by atoms with Crippen molar-refractivity contribution < 1.29 is 4.79 Å². The molecule has 3 rings (SSSR count). The third-order valence-corrected chi connectivity index (χ3v) is 3.64. The molecular weight excluding hydrogens is 284 g/mol. The molecular formula is C17H15ClN2O. The summed E-state index contributed by atoms with van der Waals surface area (Å²) >= 11 is 5.91. The molecule has 2 aromatic carbocycles. The zero-order valence-electron chi connectivity index (χ0n) is 11.6. The van der Waals surface area contributed by atoms with Crippen molar-refractivity contribution in [1.29, 1.82) is 0 Å². The molecule has 0 aliphatic carbocycles. The minimum Gasteiger partial charge on any atom is -0.343 e. The van der Waals surface area contributed by atoms with Crippen LogP contribution in [-0.2, 0) is 11.3 Å². The molecule has 1 aromatic heterocycles. The minimum atomic E-state index is -0.0621. The Kier molecular flexibility index (Phi) is 3.67. The fourth-order valence-corrected chi connectivity index (χ4v) is 2.57. The van der Waals surface area contributed by atoms with E-state index in [0.717, 1.165) is 28.2 Å². The van der Waals surface area contributed by atoms with E-state index in [1.165, 1.54) is 12.5 Å². The molecule has 21 heavy (non-hydrogen) atoms. The van der Waals surface area contributed by atoms with Gasteiger partial charge >= 0.3 is 0 Å². The van der Waals surface area contributed by atoms with Crippen molar-refractivity contribution in [2.24, 2.45) is 0 Å². The number of hydrogen-bond donors (Lipinski definition) is 1. The summed E-state index contributed by atoms with van der Waals surface area (Å²) in [5.74, 6) is -0.0621. The van der Waals surface area contributed by atoms with Crippen LogP contribution >= 0.6 is 11.6 Å². The van der Waals surface area contributed by atoms with Crippen molar-refractivity contribution in [2.75, 3.05) is 5.32 Å². The van der Waals surface area contributed by atoms with E-state index in [9.17, 15) is 4.79 Å². The summed E-state index contributed by atoms with van der Waals surface area (Å²) in [7, 11) is 0. The maximum Gasteiger partial charge on any atom is 0.221 e. The number of carbonyl (C=O) groups is 1. The number of anilines is 1. The van der Waals surface area contributed by atoms with Crippen LogP contribution in [-0.4, -0.2) is 10.5 Å². The first-order valence-corrected chi connectivity index (χ1v) is 7.11. The van der Waals surface area contributed by atoms with Crippen molar-refractivity contribution in [3.63, 3.8) is 0 Å². The Morgan fingerprint density at radius 1 is 1.14 bits per heavy atom. The molecule has 0 radical (unpaired) electrons. The summed E-state index contributed by atoms with van der Waals surface area (Å²) in [6, 6.07) is 15.8. The van der Waals surface area contributed by atoms with Gasteiger partial charge in [-0.2, -0.15) is 0 Å². The van der Waals surface area contributed by atoms with Gasteiger partial charge in [0, 0.05) is 30.1 Å². The van der Waals surface area contributed by atoms with Gasteiger partial charge in [0.05, 0.1) is 11.2 Å². The van der Waals surface area contributed by atoms with Crippen molar-refractivity contribution in [3.8, 4) is 0 Å². The number of rotatable bonds is 3. The SMILES string of the molecule is CC(=O)Nc1cccc2c1ccn2Cc1ccc(Cl)cc1. The monoisotopic (exact) mass is 298 g/mol. The molecule has 0 atom stereocenters. The van der Waals surface area contributed by atoms with Crippen LogP contribution in [0.5, 0.6) is 0 Å². The molecule has 0 saturated heterocycles. The zero-order valence-corrected chi connectivity index (χ0v) is 12.4. The van der Waals surface area contributed by atoms with Crippen LogP contribution in [0.1, 0.15) is 12.5 Å². The quantitative estimate of drug-likeness (QED) is 0.768. The average molecular weight is 299 g/mol. The Morgan fingerprint density at radius 2 is 1.90 bits per heavy atom. The number of fused-ring (bicyclic) bond motifs is 1. The molecule has 4 heteroatoms. The van der Waals surface area contributed by atoms with E-state index in [2.05, 4.69) is 16.0 Å². The number of nitrogens with one attached hydrogen (secondary N) is 1. The maximum absolute atomic E-state index is 11.3. The molecule has 0 spiro atoms. The molecule has 106 valence electrons. The molecule has 0 unspecified atom stereocenters. The van der Waals surface area contributed by atoms with E-state index in [1.807, 2.05) is 48.7 Å². The molecule has 0 bridgehead atoms. The van der Waals surface area contributed by atoms with E-state index < -0.39 is 0 Å². The fraction of sp³-hybridized carbons (Fsp3) is 0.118. The largest absolute Gasteiger partial charge is 0.343 e. The molecule has 1 N–H and O–H groups in total. The lowest BCUT2D eigenvalue weighted by atomic mass is 10.2. The molecule has 0 fully saturated rings. The second kappa shape index (κ2) is 5.62. The Morgan fingerprint density at radius 3 is 2.62 bits per heavy atom. The van der Waals surface area contributed by atoms with Crippen molar-refractivity contribution in [2.45, 2.75) is 13.5 Å². The number of nitrogens with zero attached hydrogens (tertiary/aromatic N) is 1. The Hall–Kier alpha value is -2.26. The molecule has 3 nitrogen and oxygen atoms in total. The average Bonchev–Trinajstić information content (AvgIpc) is 2.85. The fourth-order valence-electron chi connectivity index (χ4n) is 2.45. The van der Waals surface area contributed by atoms with Gasteiger partial charge in [0.1, 0.15) is 0 Å². The van der Waals surface area contributed by atoms with Crippen molar-refractivity contribution >= 4 is 34.1 Å². The van der Waals surface area contributed by atoms with Gasteiger partial charge in [0.25, 0.3) is 0 Å². The zero-order chi connectivity index (χ0) is 14.8. The van der Waals surface area contributed by atoms with Gasteiger partial charge in [-0.1, -0.05) is 29.8 Å². The second-order valence-corrected chi connectivity index (χ2v) is 5.43. The van der Waals surface area contributed by atoms with Crippen LogP contribution in [0.25, 0.3) is 10.9 Å². The molecule has 3 aromatic rings. The van der Waals surface area contributed by atoms with Gasteiger partial charge in [-0.3, -0.25) is 4.79 Å². The Labute approximate surface area is 128 Å². The number of benzene rings is 2. The topological polar surface area (TPSA) is 34.0 Å². The lowest BCUT2D eigenvalue weighted by molar-refractivity contribution is -0.114. The first kappa shape index (κ1) is 13.7. The summed E-state index contributed by atoms with van der Waals surface area (Å²) in [4.78, 5) is 11.3. The second-order valence-electron chi connectivity index (χ2n) is 4.99. The first-order valence-electron chi connectivity index (χ1n) is 6.73. The third kappa shape index (κ3) is 2.93. The number of carbonyl (C=O) groups excluding carboxylic acids is 1. The van der Waals surface area contributed by atoms with Crippen molar-refractivity contribution in [1.82, 2.24) is 4.57 Å². The van der Waals surface area contributed by atoms with Crippen LogP contribution in [0.3, 0.4) is 0 Å². The van der Waals surface area contributed by atoms with E-state index in [1.54, 1.807) is 0 Å². The lowest BCUT2D eigenvalue weighted by Crippen LogP contribution is -2.06. The third-order valence-electron chi connectivity index (χ3n) is 3.39. The number of hydrogen-bond acceptors (Lipinski definition) is 1. The number of halogens is 1. The standard InChI is InChI=1S/C17H15ClN2O/c1-12(21)19-16-3-2-4-17-15(16)9-10-20(17)11-13-5-7-14(18)8-6-13/h2-10H,11H2,1H3,(H,19,21). The van der Waals surface area contributed by atoms with Gasteiger partial charge in [-0.25, -0.2) is 0 Å². The van der Waals surface area contributed by atoms with Gasteiger partial charge in [0.2, 0.25) is 5.91 Å². The van der Waals surface area contributed by atoms with Gasteiger partial charge in [-0.05, 0) is 35.9 Å². The highest BCUT2D eigenvalue weighted by Crippen LogP contribution is 2.25. The van der Waals surface area contributed by atoms with Crippen LogP contribution in [0.4, 0.5) is 5.69 Å². The summed E-state index contributed by atoms with van der Waals surface area (Å²) in [6.07, 6.45) is 2.03. The van der Waals surface area contributed by atoms with Crippen LogP contribution in [0, 0.1) is 0 Å². The molecule has 1 amide bonds. The number of amides is 1. The predicted molar refractivity (Wildman–Crippen MR) is 86.8 cm³/mol. The highest BCUT2D eigenvalue weighted by atomic mass is 35.5. The van der Waals surface area contributed by atoms with E-state index >= 15 is 0 Å². The van der Waals surface area contributed by atoms with Gasteiger partial charge in [-0.15, -0.1) is 0 Å². The molecule has 0 aliphatic heterocycles. The summed E-state index contributed by atoms with van der Waals surface area (Å²) < 4.78 is 2.16. The molecule has 1 heterocycles. The van der Waals surface area contributed by atoms with E-state index in [0.29, 0.717) is 0 Å². The maximum atomic E-state index is 11.3. The Balaban J connectivity index is 1.96. The highest BCUT2D eigenvalue weighted by molar-refractivity contribution is 6.30. The predicted octanol–water partition coefficient (Wildman–Crippen LogP) is 4.30. The van der Waals surface area contributed by atoms with E-state index in [-0.39, 0.29) is 5.91 Å². The smallest absolute Gasteiger partial charge is 0.221 e. The Bertz CT molecular complexity index is 790. The normalized spacial score (nSPS) is 10.8. The van der Waals surface area contributed by atoms with Gasteiger partial charge in [0.15, 0.2) is 0 Å². The molecule has 0 aliphatic rings. The highest BCUT2D eigenvalue weighted by Gasteiger charge is 2.07. The first-order chi connectivity index (χ1) is 10.1.